The number of hydrogen-bond acceptors (Lipinski definition) is 3. The molecule has 0 spiro atoms. The Hall–Kier alpha value is -2.09. The van der Waals surface area contributed by atoms with E-state index in [2.05, 4.69) is 27.9 Å². The average Bonchev–Trinajstić information content (AvgIpc) is 2.69. The summed E-state index contributed by atoms with van der Waals surface area (Å²) in [7, 11) is 0. The lowest BCUT2D eigenvalue weighted by atomic mass is 9.95. The molecule has 0 bridgehead atoms. The fourth-order valence-corrected chi connectivity index (χ4v) is 3.46. The van der Waals surface area contributed by atoms with Crippen LogP contribution in [0.3, 0.4) is 0 Å². The minimum absolute atomic E-state index is 0.0294. The van der Waals surface area contributed by atoms with Crippen molar-refractivity contribution in [2.75, 3.05) is 25.0 Å². The third-order valence-corrected chi connectivity index (χ3v) is 5.40. The van der Waals surface area contributed by atoms with Gasteiger partial charge in [-0.15, -0.1) is 0 Å². The van der Waals surface area contributed by atoms with E-state index in [-0.39, 0.29) is 24.3 Å². The topological polar surface area (TPSA) is 58.6 Å². The third-order valence-electron chi connectivity index (χ3n) is 4.46. The fraction of sp³-hybridized carbons (Fsp3) is 0.300. The zero-order valence-corrected chi connectivity index (χ0v) is 16.5. The average molecular weight is 464 g/mol. The summed E-state index contributed by atoms with van der Waals surface area (Å²) in [6.07, 6.45) is 1.35. The van der Waals surface area contributed by atoms with Gasteiger partial charge in [-0.25, -0.2) is 0 Å². The van der Waals surface area contributed by atoms with Crippen molar-refractivity contribution in [3.63, 3.8) is 0 Å². The van der Waals surface area contributed by atoms with Crippen LogP contribution in [0.25, 0.3) is 0 Å². The summed E-state index contributed by atoms with van der Waals surface area (Å²) in [6.45, 7) is 1.20. The van der Waals surface area contributed by atoms with Gasteiger partial charge < -0.3 is 15.0 Å². The van der Waals surface area contributed by atoms with Gasteiger partial charge in [0.25, 0.3) is 5.91 Å². The number of piperidine rings is 1. The van der Waals surface area contributed by atoms with E-state index >= 15 is 0 Å². The molecular formula is C20H21IN2O3. The van der Waals surface area contributed by atoms with E-state index in [1.165, 1.54) is 0 Å². The van der Waals surface area contributed by atoms with Crippen molar-refractivity contribution < 1.29 is 14.3 Å². The highest BCUT2D eigenvalue weighted by Gasteiger charge is 2.27. The number of nitrogens with one attached hydrogen (secondary N) is 1. The van der Waals surface area contributed by atoms with E-state index in [1.54, 1.807) is 4.90 Å². The normalized spacial score (nSPS) is 14.7. The van der Waals surface area contributed by atoms with Crippen molar-refractivity contribution in [3.05, 3.63) is 58.2 Å². The summed E-state index contributed by atoms with van der Waals surface area (Å²) in [5.74, 6) is 0.616. The van der Waals surface area contributed by atoms with Gasteiger partial charge in [0.1, 0.15) is 5.75 Å². The standard InChI is InChI=1S/C20H21IN2O3/c21-17-8-4-5-9-18(17)22-20(25)15-10-12-23(13-11-15)19(24)14-26-16-6-2-1-3-7-16/h1-9,15H,10-14H2,(H,22,25). The van der Waals surface area contributed by atoms with E-state index < -0.39 is 0 Å². The Morgan fingerprint density at radius 2 is 1.69 bits per heavy atom. The number of ether oxygens (including phenoxy) is 1. The first-order valence-electron chi connectivity index (χ1n) is 8.64. The highest BCUT2D eigenvalue weighted by atomic mass is 127. The van der Waals surface area contributed by atoms with Crippen molar-refractivity contribution >= 4 is 40.1 Å². The number of para-hydroxylation sites is 2. The number of benzene rings is 2. The number of halogens is 1. The molecule has 1 aliphatic heterocycles. The Labute approximate surface area is 166 Å². The fourth-order valence-electron chi connectivity index (χ4n) is 2.94. The first kappa shape index (κ1) is 18.7. The lowest BCUT2D eigenvalue weighted by Gasteiger charge is -2.31. The predicted octanol–water partition coefficient (Wildman–Crippen LogP) is 3.55. The number of amides is 2. The van der Waals surface area contributed by atoms with Gasteiger partial charge in [-0.1, -0.05) is 30.3 Å². The highest BCUT2D eigenvalue weighted by molar-refractivity contribution is 14.1. The van der Waals surface area contributed by atoms with Crippen molar-refractivity contribution in [3.8, 4) is 5.75 Å². The highest BCUT2D eigenvalue weighted by Crippen LogP contribution is 2.22. The maximum absolute atomic E-state index is 12.5. The van der Waals surface area contributed by atoms with Crippen LogP contribution in [0.1, 0.15) is 12.8 Å². The Balaban J connectivity index is 1.45. The summed E-state index contributed by atoms with van der Waals surface area (Å²) in [4.78, 5) is 26.5. The number of nitrogens with zero attached hydrogens (tertiary/aromatic N) is 1. The maximum Gasteiger partial charge on any atom is 0.260 e. The SMILES string of the molecule is O=C(Nc1ccccc1I)C1CCN(C(=O)COc2ccccc2)CC1. The maximum atomic E-state index is 12.5. The first-order valence-corrected chi connectivity index (χ1v) is 9.72. The Morgan fingerprint density at radius 1 is 1.04 bits per heavy atom. The molecule has 1 aliphatic rings. The quantitative estimate of drug-likeness (QED) is 0.689. The van der Waals surface area contributed by atoms with Gasteiger partial charge in [-0.05, 0) is 59.7 Å². The van der Waals surface area contributed by atoms with Crippen LogP contribution in [0.15, 0.2) is 54.6 Å². The zero-order valence-electron chi connectivity index (χ0n) is 14.4. The largest absolute Gasteiger partial charge is 0.484 e. The Morgan fingerprint density at radius 3 is 2.38 bits per heavy atom. The molecule has 1 fully saturated rings. The van der Waals surface area contributed by atoms with E-state index in [0.717, 1.165) is 9.26 Å². The molecule has 1 N–H and O–H groups in total. The molecule has 1 saturated heterocycles. The van der Waals surface area contributed by atoms with Gasteiger partial charge in [-0.2, -0.15) is 0 Å². The summed E-state index contributed by atoms with van der Waals surface area (Å²) in [5, 5.41) is 3.00. The van der Waals surface area contributed by atoms with Crippen LogP contribution < -0.4 is 10.1 Å². The second kappa shape index (κ2) is 9.02. The summed E-state index contributed by atoms with van der Waals surface area (Å²) in [6, 6.07) is 17.0. The van der Waals surface area contributed by atoms with Gasteiger partial charge in [0.05, 0.1) is 5.69 Å². The molecule has 26 heavy (non-hydrogen) atoms. The molecule has 0 aromatic heterocycles. The summed E-state index contributed by atoms with van der Waals surface area (Å²) < 4.78 is 6.53. The number of carbonyl (C=O) groups excluding carboxylic acids is 2. The molecule has 3 rings (SSSR count). The molecule has 5 nitrogen and oxygen atoms in total. The molecule has 6 heteroatoms. The van der Waals surface area contributed by atoms with Crippen LogP contribution >= 0.6 is 22.6 Å². The van der Waals surface area contributed by atoms with E-state index in [4.69, 9.17) is 4.74 Å². The molecule has 2 aromatic rings. The number of hydrogen-bond donors (Lipinski definition) is 1. The molecule has 0 aliphatic carbocycles. The van der Waals surface area contributed by atoms with Gasteiger partial charge in [0, 0.05) is 22.6 Å². The number of likely N-dealkylation sites (tertiary alicyclic amines) is 1. The summed E-state index contributed by atoms with van der Waals surface area (Å²) in [5.41, 5.74) is 0.841. The van der Waals surface area contributed by atoms with E-state index in [1.807, 2.05) is 54.6 Å². The van der Waals surface area contributed by atoms with Crippen molar-refractivity contribution in [1.29, 1.82) is 0 Å². The molecule has 0 unspecified atom stereocenters. The third kappa shape index (κ3) is 4.97. The molecule has 0 radical (unpaired) electrons. The van der Waals surface area contributed by atoms with Crippen molar-refractivity contribution in [2.45, 2.75) is 12.8 Å². The first-order chi connectivity index (χ1) is 12.6. The smallest absolute Gasteiger partial charge is 0.260 e. The molecule has 1 heterocycles. The molecule has 0 saturated carbocycles. The van der Waals surface area contributed by atoms with E-state index in [9.17, 15) is 9.59 Å². The van der Waals surface area contributed by atoms with Gasteiger partial charge in [-0.3, -0.25) is 9.59 Å². The lowest BCUT2D eigenvalue weighted by Crippen LogP contribution is -2.43. The van der Waals surface area contributed by atoms with Crippen LogP contribution in [-0.4, -0.2) is 36.4 Å². The zero-order chi connectivity index (χ0) is 18.4. The summed E-state index contributed by atoms with van der Waals surface area (Å²) >= 11 is 2.21. The monoisotopic (exact) mass is 464 g/mol. The Bertz CT molecular complexity index is 759. The molecule has 2 aromatic carbocycles. The van der Waals surface area contributed by atoms with Crippen LogP contribution in [-0.2, 0) is 9.59 Å². The van der Waals surface area contributed by atoms with Crippen molar-refractivity contribution in [2.24, 2.45) is 5.92 Å². The van der Waals surface area contributed by atoms with Crippen molar-refractivity contribution in [1.82, 2.24) is 4.90 Å². The van der Waals surface area contributed by atoms with E-state index in [0.29, 0.717) is 31.7 Å². The number of rotatable bonds is 5. The second-order valence-corrected chi connectivity index (χ2v) is 7.39. The predicted molar refractivity (Wildman–Crippen MR) is 109 cm³/mol. The molecular weight excluding hydrogens is 443 g/mol. The molecule has 0 atom stereocenters. The van der Waals surface area contributed by atoms with Gasteiger partial charge in [0.15, 0.2) is 6.61 Å². The number of anilines is 1. The van der Waals surface area contributed by atoms with Gasteiger partial charge >= 0.3 is 0 Å². The van der Waals surface area contributed by atoms with Crippen LogP contribution in [0.4, 0.5) is 5.69 Å². The molecule has 2 amide bonds. The van der Waals surface area contributed by atoms with Gasteiger partial charge in [0.2, 0.25) is 5.91 Å². The number of carbonyl (C=O) groups is 2. The van der Waals surface area contributed by atoms with Crippen LogP contribution in [0, 0.1) is 9.49 Å². The minimum atomic E-state index is -0.0647. The molecule has 136 valence electrons. The van der Waals surface area contributed by atoms with Crippen LogP contribution in [0.5, 0.6) is 5.75 Å². The van der Waals surface area contributed by atoms with Crippen LogP contribution in [0.2, 0.25) is 0 Å². The minimum Gasteiger partial charge on any atom is -0.484 e. The second-order valence-electron chi connectivity index (χ2n) is 6.23. The lowest BCUT2D eigenvalue weighted by molar-refractivity contribution is -0.136. The Kier molecular flexibility index (Phi) is 6.49.